The Labute approximate surface area is 159 Å². The molecule has 128 valence electrons. The molecule has 0 bridgehead atoms. The van der Waals surface area contributed by atoms with Crippen LogP contribution in [0.5, 0.6) is 5.75 Å². The number of halogens is 3. The molecule has 0 saturated carbocycles. The topological polar surface area (TPSA) is 56.2 Å². The standard InChI is InChI=1S/C17H12Cl3N3O2/c18-13-7-15(20)16(8-14(13)19)22-17(24)9-25-12-3-1-11(2-4-12)23-6-5-21-10-23/h1-8,10H,9H2,(H,22,24). The third-order valence-corrected chi connectivity index (χ3v) is 4.33. The minimum absolute atomic E-state index is 0.166. The number of anilines is 1. The lowest BCUT2D eigenvalue weighted by Crippen LogP contribution is -2.20. The van der Waals surface area contributed by atoms with E-state index in [0.29, 0.717) is 26.5 Å². The van der Waals surface area contributed by atoms with Gasteiger partial charge in [0.2, 0.25) is 0 Å². The van der Waals surface area contributed by atoms with Crippen LogP contribution in [0, 0.1) is 0 Å². The zero-order valence-electron chi connectivity index (χ0n) is 12.7. The molecular weight excluding hydrogens is 385 g/mol. The molecule has 0 aliphatic carbocycles. The van der Waals surface area contributed by atoms with Crippen LogP contribution in [0.1, 0.15) is 0 Å². The smallest absolute Gasteiger partial charge is 0.262 e. The van der Waals surface area contributed by atoms with Crippen molar-refractivity contribution in [3.63, 3.8) is 0 Å². The average molecular weight is 397 g/mol. The third-order valence-electron chi connectivity index (χ3n) is 3.29. The largest absolute Gasteiger partial charge is 0.484 e. The molecule has 0 aliphatic heterocycles. The van der Waals surface area contributed by atoms with Crippen LogP contribution in [0.25, 0.3) is 5.69 Å². The summed E-state index contributed by atoms with van der Waals surface area (Å²) in [6.45, 7) is -0.166. The lowest BCUT2D eigenvalue weighted by atomic mass is 10.3. The van der Waals surface area contributed by atoms with Gasteiger partial charge in [-0.2, -0.15) is 0 Å². The molecule has 5 nitrogen and oxygen atoms in total. The van der Waals surface area contributed by atoms with Crippen molar-refractivity contribution in [2.75, 3.05) is 11.9 Å². The molecule has 0 atom stereocenters. The normalized spacial score (nSPS) is 10.5. The van der Waals surface area contributed by atoms with Crippen molar-refractivity contribution in [2.45, 2.75) is 0 Å². The van der Waals surface area contributed by atoms with Gasteiger partial charge in [0, 0.05) is 18.1 Å². The number of amides is 1. The van der Waals surface area contributed by atoms with Crippen molar-refractivity contribution >= 4 is 46.4 Å². The molecule has 0 aliphatic rings. The summed E-state index contributed by atoms with van der Waals surface area (Å²) in [6, 6.07) is 10.2. The van der Waals surface area contributed by atoms with Crippen LogP contribution in [0.4, 0.5) is 5.69 Å². The second kappa shape index (κ2) is 7.78. The summed E-state index contributed by atoms with van der Waals surface area (Å²) in [5, 5.41) is 3.55. The Morgan fingerprint density at radius 2 is 1.80 bits per heavy atom. The van der Waals surface area contributed by atoms with E-state index in [1.165, 1.54) is 12.1 Å². The SMILES string of the molecule is O=C(COc1ccc(-n2ccnc2)cc1)Nc1cc(Cl)c(Cl)cc1Cl. The van der Waals surface area contributed by atoms with Gasteiger partial charge in [0.05, 0.1) is 27.1 Å². The fourth-order valence-corrected chi connectivity index (χ4v) is 2.67. The summed E-state index contributed by atoms with van der Waals surface area (Å²) in [7, 11) is 0. The predicted octanol–water partition coefficient (Wildman–Crippen LogP) is 4.85. The first kappa shape index (κ1) is 17.6. The van der Waals surface area contributed by atoms with Gasteiger partial charge in [-0.1, -0.05) is 34.8 Å². The molecule has 0 saturated heterocycles. The van der Waals surface area contributed by atoms with Crippen molar-refractivity contribution < 1.29 is 9.53 Å². The monoisotopic (exact) mass is 395 g/mol. The van der Waals surface area contributed by atoms with E-state index in [1.54, 1.807) is 24.7 Å². The lowest BCUT2D eigenvalue weighted by molar-refractivity contribution is -0.118. The third kappa shape index (κ3) is 4.45. The van der Waals surface area contributed by atoms with Crippen molar-refractivity contribution in [1.82, 2.24) is 9.55 Å². The van der Waals surface area contributed by atoms with Gasteiger partial charge in [-0.25, -0.2) is 4.98 Å². The van der Waals surface area contributed by atoms with Crippen LogP contribution < -0.4 is 10.1 Å². The molecule has 1 amide bonds. The van der Waals surface area contributed by atoms with E-state index < -0.39 is 0 Å². The van der Waals surface area contributed by atoms with E-state index in [2.05, 4.69) is 10.3 Å². The molecule has 0 spiro atoms. The summed E-state index contributed by atoms with van der Waals surface area (Å²) < 4.78 is 7.33. The highest BCUT2D eigenvalue weighted by atomic mass is 35.5. The molecule has 3 rings (SSSR count). The summed E-state index contributed by atoms with van der Waals surface area (Å²) in [6.07, 6.45) is 5.23. The quantitative estimate of drug-likeness (QED) is 0.627. The number of nitrogens with zero attached hydrogens (tertiary/aromatic N) is 2. The van der Waals surface area contributed by atoms with E-state index in [1.807, 2.05) is 22.9 Å². The fourth-order valence-electron chi connectivity index (χ4n) is 2.08. The Morgan fingerprint density at radius 1 is 1.08 bits per heavy atom. The van der Waals surface area contributed by atoms with Gasteiger partial charge in [0.1, 0.15) is 5.75 Å². The minimum Gasteiger partial charge on any atom is -0.484 e. The molecule has 25 heavy (non-hydrogen) atoms. The maximum Gasteiger partial charge on any atom is 0.262 e. The highest BCUT2D eigenvalue weighted by Crippen LogP contribution is 2.32. The molecular formula is C17H12Cl3N3O2. The average Bonchev–Trinajstić information content (AvgIpc) is 3.13. The van der Waals surface area contributed by atoms with Crippen molar-refractivity contribution in [3.8, 4) is 11.4 Å². The number of benzene rings is 2. The number of rotatable bonds is 5. The molecule has 1 aromatic heterocycles. The van der Waals surface area contributed by atoms with Crippen LogP contribution >= 0.6 is 34.8 Å². The number of carbonyl (C=O) groups excluding carboxylic acids is 1. The van der Waals surface area contributed by atoms with Gasteiger partial charge in [-0.3, -0.25) is 4.79 Å². The van der Waals surface area contributed by atoms with Crippen LogP contribution in [-0.4, -0.2) is 22.1 Å². The lowest BCUT2D eigenvalue weighted by Gasteiger charge is -2.10. The summed E-state index contributed by atoms with van der Waals surface area (Å²) in [5.74, 6) is 0.207. The summed E-state index contributed by atoms with van der Waals surface area (Å²) in [5.41, 5.74) is 1.32. The van der Waals surface area contributed by atoms with Crippen LogP contribution in [0.3, 0.4) is 0 Å². The van der Waals surface area contributed by atoms with Crippen LogP contribution in [0.2, 0.25) is 15.1 Å². The zero-order valence-corrected chi connectivity index (χ0v) is 15.0. The van der Waals surface area contributed by atoms with Crippen molar-refractivity contribution in [1.29, 1.82) is 0 Å². The van der Waals surface area contributed by atoms with Gasteiger partial charge >= 0.3 is 0 Å². The van der Waals surface area contributed by atoms with Gasteiger partial charge < -0.3 is 14.6 Å². The highest BCUT2D eigenvalue weighted by molar-refractivity contribution is 6.44. The van der Waals surface area contributed by atoms with E-state index in [4.69, 9.17) is 39.5 Å². The number of carbonyl (C=O) groups is 1. The predicted molar refractivity (Wildman–Crippen MR) is 99.2 cm³/mol. The number of nitrogens with one attached hydrogen (secondary N) is 1. The molecule has 3 aromatic rings. The van der Waals surface area contributed by atoms with Gasteiger partial charge in [-0.05, 0) is 36.4 Å². The molecule has 0 fully saturated rings. The maximum atomic E-state index is 12.0. The molecule has 0 radical (unpaired) electrons. The Morgan fingerprint density at radius 3 is 2.48 bits per heavy atom. The van der Waals surface area contributed by atoms with Gasteiger partial charge in [0.15, 0.2) is 6.61 Å². The van der Waals surface area contributed by atoms with Crippen molar-refractivity contribution in [2.24, 2.45) is 0 Å². The first-order valence-corrected chi connectivity index (χ1v) is 8.32. The van der Waals surface area contributed by atoms with Gasteiger partial charge in [0.25, 0.3) is 5.91 Å². The summed E-state index contributed by atoms with van der Waals surface area (Å²) in [4.78, 5) is 16.0. The second-order valence-electron chi connectivity index (χ2n) is 5.05. The van der Waals surface area contributed by atoms with Crippen LogP contribution in [0.15, 0.2) is 55.1 Å². The highest BCUT2D eigenvalue weighted by Gasteiger charge is 2.10. The maximum absolute atomic E-state index is 12.0. The Balaban J connectivity index is 1.58. The molecule has 2 aromatic carbocycles. The van der Waals surface area contributed by atoms with Gasteiger partial charge in [-0.15, -0.1) is 0 Å². The second-order valence-corrected chi connectivity index (χ2v) is 6.27. The number of hydrogen-bond acceptors (Lipinski definition) is 3. The number of imidazole rings is 1. The first-order valence-electron chi connectivity index (χ1n) is 7.18. The van der Waals surface area contributed by atoms with E-state index in [0.717, 1.165) is 5.69 Å². The number of aromatic nitrogens is 2. The van der Waals surface area contributed by atoms with E-state index >= 15 is 0 Å². The van der Waals surface area contributed by atoms with Crippen LogP contribution in [-0.2, 0) is 4.79 Å². The Hall–Kier alpha value is -2.21. The fraction of sp³-hybridized carbons (Fsp3) is 0.0588. The van der Waals surface area contributed by atoms with E-state index in [9.17, 15) is 4.79 Å². The molecule has 1 heterocycles. The zero-order chi connectivity index (χ0) is 17.8. The number of ether oxygens (including phenoxy) is 1. The molecule has 8 heteroatoms. The van der Waals surface area contributed by atoms with Crippen molar-refractivity contribution in [3.05, 3.63) is 70.2 Å². The number of hydrogen-bond donors (Lipinski definition) is 1. The Kier molecular flexibility index (Phi) is 5.48. The Bertz CT molecular complexity index is 881. The molecule has 0 unspecified atom stereocenters. The summed E-state index contributed by atoms with van der Waals surface area (Å²) >= 11 is 17.8. The van der Waals surface area contributed by atoms with E-state index in [-0.39, 0.29) is 12.5 Å². The minimum atomic E-state index is -0.362. The first-order chi connectivity index (χ1) is 12.0. The molecule has 1 N–H and O–H groups in total.